The van der Waals surface area contributed by atoms with Crippen LogP contribution in [-0.2, 0) is 11.2 Å². The van der Waals surface area contributed by atoms with E-state index in [2.05, 4.69) is 29.4 Å². The summed E-state index contributed by atoms with van der Waals surface area (Å²) in [5.41, 5.74) is 2.31. The third-order valence-electron chi connectivity index (χ3n) is 3.61. The fourth-order valence-corrected chi connectivity index (χ4v) is 2.60. The van der Waals surface area contributed by atoms with Crippen molar-refractivity contribution >= 4 is 10.9 Å². The van der Waals surface area contributed by atoms with E-state index < -0.39 is 0 Å². The highest BCUT2D eigenvalue weighted by Crippen LogP contribution is 2.26. The number of fused-ring (bicyclic) bond motifs is 1. The van der Waals surface area contributed by atoms with Crippen molar-refractivity contribution in [3.05, 3.63) is 30.0 Å². The van der Waals surface area contributed by atoms with Gasteiger partial charge in [-0.25, -0.2) is 4.68 Å². The van der Waals surface area contributed by atoms with E-state index in [9.17, 15) is 0 Å². The van der Waals surface area contributed by atoms with E-state index in [0.29, 0.717) is 6.42 Å². The van der Waals surface area contributed by atoms with Gasteiger partial charge in [0.1, 0.15) is 0 Å². The van der Waals surface area contributed by atoms with Gasteiger partial charge in [0.15, 0.2) is 6.23 Å². The summed E-state index contributed by atoms with van der Waals surface area (Å²) < 4.78 is 7.77. The van der Waals surface area contributed by atoms with Crippen molar-refractivity contribution in [1.82, 2.24) is 9.78 Å². The van der Waals surface area contributed by atoms with Gasteiger partial charge < -0.3 is 4.74 Å². The van der Waals surface area contributed by atoms with Crippen LogP contribution in [0.25, 0.3) is 10.9 Å². The Hall–Kier alpha value is -1.86. The van der Waals surface area contributed by atoms with Gasteiger partial charge in [0.05, 0.1) is 17.8 Å². The summed E-state index contributed by atoms with van der Waals surface area (Å²) in [6.45, 7) is 0.826. The normalized spacial score (nSPS) is 19.4. The number of aromatic nitrogens is 2. The largest absolute Gasteiger partial charge is 0.356 e. The van der Waals surface area contributed by atoms with Crippen molar-refractivity contribution in [2.45, 2.75) is 38.3 Å². The molecule has 0 amide bonds. The summed E-state index contributed by atoms with van der Waals surface area (Å²) in [6.07, 6.45) is 6.72. The van der Waals surface area contributed by atoms with Gasteiger partial charge in [-0.1, -0.05) is 6.07 Å². The molecular weight excluding hydrogens is 238 g/mol. The van der Waals surface area contributed by atoms with Gasteiger partial charge >= 0.3 is 0 Å². The van der Waals surface area contributed by atoms with E-state index in [-0.39, 0.29) is 6.23 Å². The van der Waals surface area contributed by atoms with Crippen molar-refractivity contribution in [3.8, 4) is 6.07 Å². The summed E-state index contributed by atoms with van der Waals surface area (Å²) in [6, 6.07) is 8.48. The van der Waals surface area contributed by atoms with Crippen LogP contribution in [0, 0.1) is 11.3 Å². The standard InChI is InChI=1S/C15H17N3O/c16-8-3-4-12-6-7-14-13(10-12)11-17-18(14)15-5-1-2-9-19-15/h6-7,10-11,15H,1-5,9H2. The summed E-state index contributed by atoms with van der Waals surface area (Å²) in [4.78, 5) is 0. The number of rotatable bonds is 3. The molecular formula is C15H17N3O. The average molecular weight is 255 g/mol. The van der Waals surface area contributed by atoms with Crippen LogP contribution < -0.4 is 0 Å². The van der Waals surface area contributed by atoms with Crippen molar-refractivity contribution in [2.24, 2.45) is 0 Å². The minimum atomic E-state index is 0.0798. The molecule has 3 rings (SSSR count). The van der Waals surface area contributed by atoms with E-state index >= 15 is 0 Å². The monoisotopic (exact) mass is 255 g/mol. The number of hydrogen-bond acceptors (Lipinski definition) is 3. The lowest BCUT2D eigenvalue weighted by Crippen LogP contribution is -2.18. The Labute approximate surface area is 112 Å². The highest BCUT2D eigenvalue weighted by atomic mass is 16.5. The zero-order valence-electron chi connectivity index (χ0n) is 10.9. The molecule has 0 N–H and O–H groups in total. The van der Waals surface area contributed by atoms with Crippen LogP contribution in [0.1, 0.15) is 37.5 Å². The van der Waals surface area contributed by atoms with Crippen LogP contribution in [0.4, 0.5) is 0 Å². The van der Waals surface area contributed by atoms with Crippen molar-refractivity contribution in [3.63, 3.8) is 0 Å². The van der Waals surface area contributed by atoms with Gasteiger partial charge in [0, 0.05) is 18.4 Å². The molecule has 1 aliphatic heterocycles. The maximum atomic E-state index is 8.63. The molecule has 1 atom stereocenters. The molecule has 1 fully saturated rings. The topological polar surface area (TPSA) is 50.8 Å². The molecule has 0 aliphatic carbocycles. The van der Waals surface area contributed by atoms with Crippen LogP contribution >= 0.6 is 0 Å². The number of nitriles is 1. The fraction of sp³-hybridized carbons (Fsp3) is 0.467. The Balaban J connectivity index is 1.89. The van der Waals surface area contributed by atoms with E-state index in [4.69, 9.17) is 10.00 Å². The van der Waals surface area contributed by atoms with Gasteiger partial charge in [-0.2, -0.15) is 10.4 Å². The molecule has 0 bridgehead atoms. The SMILES string of the molecule is N#CCCc1ccc2c(cnn2C2CCCCO2)c1. The molecule has 0 spiro atoms. The molecule has 2 heterocycles. The predicted molar refractivity (Wildman–Crippen MR) is 72.5 cm³/mol. The van der Waals surface area contributed by atoms with Crippen molar-refractivity contribution in [2.75, 3.05) is 6.61 Å². The highest BCUT2D eigenvalue weighted by molar-refractivity contribution is 5.79. The smallest absolute Gasteiger partial charge is 0.150 e. The lowest BCUT2D eigenvalue weighted by atomic mass is 10.1. The zero-order chi connectivity index (χ0) is 13.1. The number of hydrogen-bond donors (Lipinski definition) is 0. The van der Waals surface area contributed by atoms with Gasteiger partial charge in [0.2, 0.25) is 0 Å². The first kappa shape index (κ1) is 12.2. The second-order valence-corrected chi connectivity index (χ2v) is 4.96. The summed E-state index contributed by atoms with van der Waals surface area (Å²) >= 11 is 0. The quantitative estimate of drug-likeness (QED) is 0.846. The first-order valence-corrected chi connectivity index (χ1v) is 6.83. The third kappa shape index (κ3) is 2.47. The maximum Gasteiger partial charge on any atom is 0.150 e. The molecule has 98 valence electrons. The second kappa shape index (κ2) is 5.41. The van der Waals surface area contributed by atoms with E-state index in [1.807, 2.05) is 10.9 Å². The van der Waals surface area contributed by atoms with Gasteiger partial charge in [-0.15, -0.1) is 0 Å². The minimum absolute atomic E-state index is 0.0798. The number of benzene rings is 1. The molecule has 0 radical (unpaired) electrons. The Bertz CT molecular complexity index is 605. The lowest BCUT2D eigenvalue weighted by molar-refractivity contribution is -0.0366. The van der Waals surface area contributed by atoms with Gasteiger partial charge in [0.25, 0.3) is 0 Å². The highest BCUT2D eigenvalue weighted by Gasteiger charge is 2.18. The van der Waals surface area contributed by atoms with E-state index in [1.165, 1.54) is 12.0 Å². The third-order valence-corrected chi connectivity index (χ3v) is 3.61. The number of aryl methyl sites for hydroxylation is 1. The fourth-order valence-electron chi connectivity index (χ4n) is 2.60. The molecule has 19 heavy (non-hydrogen) atoms. The van der Waals surface area contributed by atoms with Crippen LogP contribution in [0.5, 0.6) is 0 Å². The molecule has 1 unspecified atom stereocenters. The molecule has 1 aromatic heterocycles. The summed E-state index contributed by atoms with van der Waals surface area (Å²) in [7, 11) is 0. The number of ether oxygens (including phenoxy) is 1. The minimum Gasteiger partial charge on any atom is -0.356 e. The maximum absolute atomic E-state index is 8.63. The average Bonchev–Trinajstić information content (AvgIpc) is 2.89. The first-order chi connectivity index (χ1) is 9.38. The molecule has 0 saturated carbocycles. The van der Waals surface area contributed by atoms with Gasteiger partial charge in [-0.3, -0.25) is 0 Å². The Morgan fingerprint density at radius 2 is 2.37 bits per heavy atom. The Kier molecular flexibility index (Phi) is 3.47. The van der Waals surface area contributed by atoms with Crippen LogP contribution in [0.15, 0.2) is 24.4 Å². The molecule has 1 aliphatic rings. The predicted octanol–water partition coefficient (Wildman–Crippen LogP) is 3.19. The van der Waals surface area contributed by atoms with Crippen LogP contribution in [-0.4, -0.2) is 16.4 Å². The lowest BCUT2D eigenvalue weighted by Gasteiger charge is -2.23. The summed E-state index contributed by atoms with van der Waals surface area (Å²) in [5, 5.41) is 14.2. The molecule has 4 heteroatoms. The molecule has 4 nitrogen and oxygen atoms in total. The van der Waals surface area contributed by atoms with E-state index in [0.717, 1.165) is 36.8 Å². The molecule has 1 aromatic carbocycles. The van der Waals surface area contributed by atoms with Gasteiger partial charge in [-0.05, 0) is 43.4 Å². The second-order valence-electron chi connectivity index (χ2n) is 4.96. The van der Waals surface area contributed by atoms with Crippen molar-refractivity contribution < 1.29 is 4.74 Å². The molecule has 2 aromatic rings. The van der Waals surface area contributed by atoms with Crippen molar-refractivity contribution in [1.29, 1.82) is 5.26 Å². The first-order valence-electron chi connectivity index (χ1n) is 6.83. The zero-order valence-corrected chi connectivity index (χ0v) is 10.9. The number of nitrogens with zero attached hydrogens (tertiary/aromatic N) is 3. The Morgan fingerprint density at radius 1 is 1.42 bits per heavy atom. The summed E-state index contributed by atoms with van der Waals surface area (Å²) in [5.74, 6) is 0. The van der Waals surface area contributed by atoms with E-state index in [1.54, 1.807) is 0 Å². The molecule has 1 saturated heterocycles. The Morgan fingerprint density at radius 3 is 3.16 bits per heavy atom. The van der Waals surface area contributed by atoms with Crippen LogP contribution in [0.3, 0.4) is 0 Å². The van der Waals surface area contributed by atoms with Crippen LogP contribution in [0.2, 0.25) is 0 Å².